The van der Waals surface area contributed by atoms with Gasteiger partial charge in [0, 0.05) is 19.2 Å². The lowest BCUT2D eigenvalue weighted by Gasteiger charge is -2.27. The van der Waals surface area contributed by atoms with Gasteiger partial charge in [0.15, 0.2) is 6.61 Å². The number of carbonyl (C=O) groups is 1. The van der Waals surface area contributed by atoms with E-state index in [9.17, 15) is 4.79 Å². The SMILES string of the molecule is Nc1cc2c(cc1NCCN1CCCCC1)NC(=O)CO2. The van der Waals surface area contributed by atoms with Crippen LogP contribution in [0.5, 0.6) is 5.75 Å². The van der Waals surface area contributed by atoms with E-state index < -0.39 is 0 Å². The number of hydrogen-bond acceptors (Lipinski definition) is 5. The lowest BCUT2D eigenvalue weighted by Crippen LogP contribution is -2.33. The van der Waals surface area contributed by atoms with Crippen LogP contribution in [0, 0.1) is 0 Å². The zero-order valence-corrected chi connectivity index (χ0v) is 12.2. The van der Waals surface area contributed by atoms with Gasteiger partial charge in [-0.15, -0.1) is 0 Å². The number of nitrogens with zero attached hydrogens (tertiary/aromatic N) is 1. The monoisotopic (exact) mass is 290 g/mol. The molecule has 0 spiro atoms. The molecule has 114 valence electrons. The Hall–Kier alpha value is -1.95. The van der Waals surface area contributed by atoms with Crippen molar-refractivity contribution in [3.05, 3.63) is 12.1 Å². The second kappa shape index (κ2) is 6.22. The number of piperidine rings is 1. The highest BCUT2D eigenvalue weighted by molar-refractivity contribution is 5.97. The summed E-state index contributed by atoms with van der Waals surface area (Å²) in [6, 6.07) is 3.61. The number of nitrogens with two attached hydrogens (primary N) is 1. The van der Waals surface area contributed by atoms with E-state index in [2.05, 4.69) is 15.5 Å². The molecule has 0 unspecified atom stereocenters. The Morgan fingerprint density at radius 1 is 1.29 bits per heavy atom. The van der Waals surface area contributed by atoms with Crippen LogP contribution in [0.2, 0.25) is 0 Å². The second-order valence-corrected chi connectivity index (χ2v) is 5.60. The van der Waals surface area contributed by atoms with E-state index in [4.69, 9.17) is 10.5 Å². The van der Waals surface area contributed by atoms with Gasteiger partial charge in [-0.25, -0.2) is 0 Å². The van der Waals surface area contributed by atoms with Crippen molar-refractivity contribution in [1.29, 1.82) is 0 Å². The number of anilines is 3. The summed E-state index contributed by atoms with van der Waals surface area (Å²) >= 11 is 0. The molecule has 0 atom stereocenters. The van der Waals surface area contributed by atoms with E-state index in [0.29, 0.717) is 17.1 Å². The van der Waals surface area contributed by atoms with Crippen LogP contribution in [-0.4, -0.2) is 43.6 Å². The van der Waals surface area contributed by atoms with Gasteiger partial charge in [0.1, 0.15) is 5.75 Å². The Labute approximate surface area is 124 Å². The molecule has 21 heavy (non-hydrogen) atoms. The van der Waals surface area contributed by atoms with Crippen LogP contribution in [0.3, 0.4) is 0 Å². The van der Waals surface area contributed by atoms with Crippen molar-refractivity contribution < 1.29 is 9.53 Å². The molecule has 0 aromatic heterocycles. The third-order valence-corrected chi connectivity index (χ3v) is 3.98. The molecule has 1 fully saturated rings. The molecule has 0 aliphatic carbocycles. The number of nitrogens with one attached hydrogen (secondary N) is 2. The Kier molecular flexibility index (Phi) is 4.15. The van der Waals surface area contributed by atoms with E-state index in [1.807, 2.05) is 6.07 Å². The van der Waals surface area contributed by atoms with Crippen LogP contribution >= 0.6 is 0 Å². The minimum Gasteiger partial charge on any atom is -0.482 e. The zero-order valence-electron chi connectivity index (χ0n) is 12.2. The van der Waals surface area contributed by atoms with Crippen molar-refractivity contribution in [3.63, 3.8) is 0 Å². The number of fused-ring (bicyclic) bond motifs is 1. The first-order valence-corrected chi connectivity index (χ1v) is 7.55. The first-order valence-electron chi connectivity index (χ1n) is 7.55. The lowest BCUT2D eigenvalue weighted by molar-refractivity contribution is -0.118. The quantitative estimate of drug-likeness (QED) is 0.732. The van der Waals surface area contributed by atoms with Crippen molar-refractivity contribution >= 4 is 23.0 Å². The summed E-state index contributed by atoms with van der Waals surface area (Å²) in [5.41, 5.74) is 8.20. The molecule has 0 saturated carbocycles. The molecule has 2 heterocycles. The maximum atomic E-state index is 11.3. The maximum absolute atomic E-state index is 11.3. The van der Waals surface area contributed by atoms with E-state index in [1.165, 1.54) is 32.4 Å². The predicted molar refractivity (Wildman–Crippen MR) is 83.8 cm³/mol. The maximum Gasteiger partial charge on any atom is 0.262 e. The molecule has 1 aromatic rings. The van der Waals surface area contributed by atoms with Gasteiger partial charge in [-0.2, -0.15) is 0 Å². The van der Waals surface area contributed by atoms with Gasteiger partial charge in [-0.1, -0.05) is 6.42 Å². The van der Waals surface area contributed by atoms with Gasteiger partial charge in [0.05, 0.1) is 17.1 Å². The molecule has 1 amide bonds. The van der Waals surface area contributed by atoms with E-state index >= 15 is 0 Å². The number of amides is 1. The standard InChI is InChI=1S/C15H22N4O2/c16-11-8-14-13(18-15(20)10-21-14)9-12(11)17-4-7-19-5-2-1-3-6-19/h8-9,17H,1-7,10,16H2,(H,18,20). The number of nitrogen functional groups attached to an aromatic ring is 1. The van der Waals surface area contributed by atoms with Crippen molar-refractivity contribution in [3.8, 4) is 5.75 Å². The minimum atomic E-state index is -0.133. The summed E-state index contributed by atoms with van der Waals surface area (Å²) in [6.07, 6.45) is 3.94. The molecule has 6 heteroatoms. The van der Waals surface area contributed by atoms with Crippen molar-refractivity contribution in [2.45, 2.75) is 19.3 Å². The predicted octanol–water partition coefficient (Wildman–Crippen LogP) is 1.50. The molecule has 4 N–H and O–H groups in total. The first kappa shape index (κ1) is 14.0. The third kappa shape index (κ3) is 3.39. The molecule has 0 bridgehead atoms. The van der Waals surface area contributed by atoms with E-state index in [0.717, 1.165) is 18.8 Å². The lowest BCUT2D eigenvalue weighted by atomic mass is 10.1. The topological polar surface area (TPSA) is 79.6 Å². The summed E-state index contributed by atoms with van der Waals surface area (Å²) in [6.45, 7) is 4.28. The van der Waals surface area contributed by atoms with Crippen molar-refractivity contribution in [2.24, 2.45) is 0 Å². The Balaban J connectivity index is 1.59. The molecule has 3 rings (SSSR count). The van der Waals surface area contributed by atoms with Crippen molar-refractivity contribution in [2.75, 3.05) is 49.2 Å². The Bertz CT molecular complexity index is 527. The number of hydrogen-bond donors (Lipinski definition) is 3. The highest BCUT2D eigenvalue weighted by Gasteiger charge is 2.18. The van der Waals surface area contributed by atoms with Crippen LogP contribution in [-0.2, 0) is 4.79 Å². The largest absolute Gasteiger partial charge is 0.482 e. The second-order valence-electron chi connectivity index (χ2n) is 5.60. The molecular formula is C15H22N4O2. The van der Waals surface area contributed by atoms with Gasteiger partial charge in [-0.3, -0.25) is 4.79 Å². The number of ether oxygens (including phenoxy) is 1. The van der Waals surface area contributed by atoms with Crippen LogP contribution in [0.1, 0.15) is 19.3 Å². The highest BCUT2D eigenvalue weighted by Crippen LogP contribution is 2.35. The molecule has 0 radical (unpaired) electrons. The van der Waals surface area contributed by atoms with Gasteiger partial charge in [-0.05, 0) is 32.0 Å². The average Bonchev–Trinajstić information content (AvgIpc) is 2.49. The number of likely N-dealkylation sites (tertiary alicyclic amines) is 1. The zero-order chi connectivity index (χ0) is 14.7. The van der Waals surface area contributed by atoms with Gasteiger partial charge >= 0.3 is 0 Å². The first-order chi connectivity index (χ1) is 10.2. The summed E-state index contributed by atoms with van der Waals surface area (Å²) in [5.74, 6) is 0.500. The minimum absolute atomic E-state index is 0.0498. The third-order valence-electron chi connectivity index (χ3n) is 3.98. The summed E-state index contributed by atoms with van der Waals surface area (Å²) in [7, 11) is 0. The molecule has 6 nitrogen and oxygen atoms in total. The molecule has 1 aromatic carbocycles. The number of carbonyl (C=O) groups excluding carboxylic acids is 1. The Morgan fingerprint density at radius 3 is 2.90 bits per heavy atom. The number of rotatable bonds is 4. The normalized spacial score (nSPS) is 18.6. The van der Waals surface area contributed by atoms with Gasteiger partial charge in [0.2, 0.25) is 0 Å². The van der Waals surface area contributed by atoms with Crippen LogP contribution in [0.15, 0.2) is 12.1 Å². The Morgan fingerprint density at radius 2 is 2.10 bits per heavy atom. The molecule has 1 saturated heterocycles. The summed E-state index contributed by atoms with van der Waals surface area (Å²) in [4.78, 5) is 13.8. The van der Waals surface area contributed by atoms with Gasteiger partial charge < -0.3 is 26.0 Å². The molecular weight excluding hydrogens is 268 g/mol. The fourth-order valence-electron chi connectivity index (χ4n) is 2.83. The van der Waals surface area contributed by atoms with Crippen LogP contribution in [0.25, 0.3) is 0 Å². The fraction of sp³-hybridized carbons (Fsp3) is 0.533. The highest BCUT2D eigenvalue weighted by atomic mass is 16.5. The smallest absolute Gasteiger partial charge is 0.262 e. The number of benzene rings is 1. The van der Waals surface area contributed by atoms with Crippen LogP contribution < -0.4 is 21.1 Å². The summed E-state index contributed by atoms with van der Waals surface area (Å²) < 4.78 is 5.34. The van der Waals surface area contributed by atoms with Gasteiger partial charge in [0.25, 0.3) is 5.91 Å². The molecule has 2 aliphatic heterocycles. The van der Waals surface area contributed by atoms with E-state index in [1.54, 1.807) is 6.07 Å². The van der Waals surface area contributed by atoms with Crippen LogP contribution in [0.4, 0.5) is 17.1 Å². The summed E-state index contributed by atoms with van der Waals surface area (Å²) in [5, 5.41) is 6.15. The van der Waals surface area contributed by atoms with E-state index in [-0.39, 0.29) is 12.5 Å². The average molecular weight is 290 g/mol. The molecule has 2 aliphatic rings. The fourth-order valence-corrected chi connectivity index (χ4v) is 2.83. The van der Waals surface area contributed by atoms with Crippen molar-refractivity contribution in [1.82, 2.24) is 4.90 Å².